The molecule has 1 aromatic rings. The van der Waals surface area contributed by atoms with E-state index in [4.69, 9.17) is 0 Å². The number of hydrogen-bond donors (Lipinski definition) is 1. The molecule has 1 aromatic carbocycles. The molecule has 0 bridgehead atoms. The Morgan fingerprint density at radius 3 is 2.58 bits per heavy atom. The Morgan fingerprint density at radius 2 is 2.00 bits per heavy atom. The monoisotopic (exact) mass is 229 g/mol. The number of carbonyl (C=O) groups is 1. The van der Waals surface area contributed by atoms with Crippen LogP contribution in [0.2, 0.25) is 5.32 Å². The van der Waals surface area contributed by atoms with E-state index in [9.17, 15) is 4.79 Å². The Balaban J connectivity index is 2.54. The molecule has 0 saturated carbocycles. The van der Waals surface area contributed by atoms with Gasteiger partial charge in [-0.1, -0.05) is 0 Å². The summed E-state index contributed by atoms with van der Waals surface area (Å²) in [5.41, 5.74) is 0.721. The van der Waals surface area contributed by atoms with Crippen LogP contribution in [0.1, 0.15) is 10.4 Å². The topological polar surface area (TPSA) is 29.1 Å². The molecule has 0 aromatic heterocycles. The summed E-state index contributed by atoms with van der Waals surface area (Å²) in [6, 6.07) is 9.22. The van der Waals surface area contributed by atoms with E-state index in [1.165, 1.54) is 0 Å². The Morgan fingerprint density at radius 1 is 1.33 bits per heavy atom. The third-order valence-electron chi connectivity index (χ3n) is 1.43. The van der Waals surface area contributed by atoms with E-state index in [1.807, 2.05) is 18.2 Å². The molecule has 12 heavy (non-hydrogen) atoms. The number of hydrogen-bond acceptors (Lipinski definition) is 1. The molecule has 2 nitrogen and oxygen atoms in total. The second kappa shape index (κ2) is 4.96. The fourth-order valence-electron chi connectivity index (χ4n) is 0.861. The van der Waals surface area contributed by atoms with Crippen LogP contribution < -0.4 is 5.32 Å². The predicted octanol–water partition coefficient (Wildman–Crippen LogP) is 0.736. The zero-order chi connectivity index (χ0) is 8.81. The van der Waals surface area contributed by atoms with Gasteiger partial charge < -0.3 is 0 Å². The number of amides is 1. The van der Waals surface area contributed by atoms with Crippen LogP contribution in [0.4, 0.5) is 0 Å². The van der Waals surface area contributed by atoms with Crippen molar-refractivity contribution in [1.82, 2.24) is 5.32 Å². The van der Waals surface area contributed by atoms with Crippen molar-refractivity contribution in [2.75, 3.05) is 6.54 Å². The van der Waals surface area contributed by atoms with Crippen molar-refractivity contribution in [2.24, 2.45) is 0 Å². The second-order valence-electron chi connectivity index (χ2n) is 2.35. The zero-order valence-electron chi connectivity index (χ0n) is 6.66. The van der Waals surface area contributed by atoms with Crippen molar-refractivity contribution in [3.63, 3.8) is 0 Å². The van der Waals surface area contributed by atoms with Gasteiger partial charge in [0.2, 0.25) is 0 Å². The molecule has 0 aliphatic heterocycles. The van der Waals surface area contributed by atoms with Crippen LogP contribution in [-0.2, 0) is 0 Å². The first-order chi connectivity index (χ1) is 5.84. The van der Waals surface area contributed by atoms with E-state index < -0.39 is 0 Å². The van der Waals surface area contributed by atoms with Gasteiger partial charge in [-0.25, -0.2) is 0 Å². The molecular weight excluding hydrogens is 217 g/mol. The Labute approximate surface area is 80.2 Å². The summed E-state index contributed by atoms with van der Waals surface area (Å²) in [6.45, 7) is 0.716. The summed E-state index contributed by atoms with van der Waals surface area (Å²) in [4.78, 5) is 11.3. The molecule has 1 amide bonds. The molecule has 3 heteroatoms. The van der Waals surface area contributed by atoms with Crippen LogP contribution in [0, 0.1) is 0 Å². The van der Waals surface area contributed by atoms with Gasteiger partial charge in [-0.05, 0) is 0 Å². The molecule has 0 radical (unpaired) electrons. The van der Waals surface area contributed by atoms with Gasteiger partial charge in [-0.2, -0.15) is 0 Å². The maximum atomic E-state index is 11.3. The Kier molecular flexibility index (Phi) is 3.85. The molecule has 0 spiro atoms. The quantitative estimate of drug-likeness (QED) is 0.759. The molecular formula is C9H11NOSe. The molecule has 0 saturated heterocycles. The molecule has 0 unspecified atom stereocenters. The maximum absolute atomic E-state index is 11.3. The zero-order valence-corrected chi connectivity index (χ0v) is 8.53. The first kappa shape index (κ1) is 9.30. The third-order valence-corrected chi connectivity index (χ3v) is 1.90. The molecule has 0 fully saturated rings. The second-order valence-corrected chi connectivity index (χ2v) is 3.28. The van der Waals surface area contributed by atoms with Gasteiger partial charge in [-0.15, -0.1) is 0 Å². The fraction of sp³-hybridized carbons (Fsp3) is 0.222. The fourth-order valence-corrected chi connectivity index (χ4v) is 1.10. The number of nitrogens with one attached hydrogen (secondary N) is 1. The van der Waals surface area contributed by atoms with Gasteiger partial charge in [0, 0.05) is 0 Å². The molecule has 64 valence electrons. The minimum absolute atomic E-state index is 0.00153. The van der Waals surface area contributed by atoms with Gasteiger partial charge in [0.1, 0.15) is 0 Å². The van der Waals surface area contributed by atoms with E-state index in [0.717, 1.165) is 10.9 Å². The van der Waals surface area contributed by atoms with Crippen LogP contribution in [0.15, 0.2) is 30.3 Å². The van der Waals surface area contributed by atoms with Gasteiger partial charge in [0.05, 0.1) is 0 Å². The van der Waals surface area contributed by atoms with Crippen LogP contribution in [-0.4, -0.2) is 28.5 Å². The van der Waals surface area contributed by atoms with Gasteiger partial charge in [-0.3, -0.25) is 0 Å². The summed E-state index contributed by atoms with van der Waals surface area (Å²) in [6.07, 6.45) is 0. The van der Waals surface area contributed by atoms with Crippen molar-refractivity contribution < 1.29 is 4.79 Å². The van der Waals surface area contributed by atoms with E-state index in [0.29, 0.717) is 6.54 Å². The van der Waals surface area contributed by atoms with Gasteiger partial charge in [0.25, 0.3) is 0 Å². The van der Waals surface area contributed by atoms with Gasteiger partial charge >= 0.3 is 79.8 Å². The number of carbonyl (C=O) groups excluding carboxylic acids is 1. The summed E-state index contributed by atoms with van der Waals surface area (Å²) < 4.78 is 0. The summed E-state index contributed by atoms with van der Waals surface area (Å²) in [5.74, 6) is 0.00153. The number of benzene rings is 1. The predicted molar refractivity (Wildman–Crippen MR) is 50.7 cm³/mol. The van der Waals surface area contributed by atoms with Crippen molar-refractivity contribution >= 4 is 21.9 Å². The summed E-state index contributed by atoms with van der Waals surface area (Å²) in [5, 5.41) is 3.70. The Hall–Kier alpha value is -0.791. The standard InChI is InChI=1S/C9H11NOSe/c11-9(10-6-7-12)8-4-2-1-3-5-8/h1-5,12H,6-7H2,(H,10,11). The van der Waals surface area contributed by atoms with E-state index in [-0.39, 0.29) is 5.91 Å². The SMILES string of the molecule is O=C(NCC[SeH])c1ccccc1. The van der Waals surface area contributed by atoms with Crippen LogP contribution in [0.5, 0.6) is 0 Å². The molecule has 0 aliphatic carbocycles. The average Bonchev–Trinajstić information content (AvgIpc) is 2.15. The minimum atomic E-state index is 0.00153. The van der Waals surface area contributed by atoms with Crippen LogP contribution in [0.3, 0.4) is 0 Å². The first-order valence-electron chi connectivity index (χ1n) is 3.78. The van der Waals surface area contributed by atoms with Crippen molar-refractivity contribution in [2.45, 2.75) is 5.32 Å². The van der Waals surface area contributed by atoms with Crippen molar-refractivity contribution in [1.29, 1.82) is 0 Å². The van der Waals surface area contributed by atoms with E-state index >= 15 is 0 Å². The summed E-state index contributed by atoms with van der Waals surface area (Å²) >= 11 is 2.43. The molecule has 0 atom stereocenters. The number of rotatable bonds is 3. The average molecular weight is 228 g/mol. The van der Waals surface area contributed by atoms with Crippen molar-refractivity contribution in [3.8, 4) is 0 Å². The normalized spacial score (nSPS) is 9.42. The van der Waals surface area contributed by atoms with E-state index in [1.54, 1.807) is 12.1 Å². The van der Waals surface area contributed by atoms with Crippen molar-refractivity contribution in [3.05, 3.63) is 35.9 Å². The summed E-state index contributed by atoms with van der Waals surface area (Å²) in [7, 11) is 0. The van der Waals surface area contributed by atoms with Crippen LogP contribution in [0.25, 0.3) is 0 Å². The van der Waals surface area contributed by atoms with E-state index in [2.05, 4.69) is 21.3 Å². The molecule has 1 N–H and O–H groups in total. The first-order valence-corrected chi connectivity index (χ1v) is 5.11. The molecule has 0 heterocycles. The molecule has 0 aliphatic rings. The third kappa shape index (κ3) is 2.68. The Bertz CT molecular complexity index is 248. The van der Waals surface area contributed by atoms with Gasteiger partial charge in [0.15, 0.2) is 0 Å². The van der Waals surface area contributed by atoms with Crippen LogP contribution >= 0.6 is 0 Å². The molecule has 1 rings (SSSR count).